The molecule has 0 aliphatic carbocycles. The molecule has 2 amide bonds. The summed E-state index contributed by atoms with van der Waals surface area (Å²) in [6.07, 6.45) is 1.40. The minimum atomic E-state index is -0.556. The smallest absolute Gasteiger partial charge is 0.344 e. The molecule has 9 heteroatoms. The lowest BCUT2D eigenvalue weighted by molar-refractivity contribution is -0.145. The number of para-hydroxylation sites is 1. The fourth-order valence-electron chi connectivity index (χ4n) is 2.81. The fraction of sp³-hybridized carbons (Fsp3) is 0.190. The molecule has 1 N–H and O–H groups in total. The molecule has 1 fully saturated rings. The summed E-state index contributed by atoms with van der Waals surface area (Å²) in [5.41, 5.74) is 3.38. The molecule has 2 aromatic carbocycles. The van der Waals surface area contributed by atoms with Crippen LogP contribution < -0.4 is 19.9 Å². The lowest BCUT2D eigenvalue weighted by Crippen LogP contribution is -2.35. The zero-order valence-corrected chi connectivity index (χ0v) is 17.9. The molecule has 1 heterocycles. The maximum atomic E-state index is 12.8. The van der Waals surface area contributed by atoms with Crippen LogP contribution in [0.1, 0.15) is 12.5 Å². The Balaban J connectivity index is 1.97. The van der Waals surface area contributed by atoms with E-state index in [9.17, 15) is 14.4 Å². The van der Waals surface area contributed by atoms with E-state index in [1.54, 1.807) is 43.3 Å². The molecule has 0 bridgehead atoms. The highest BCUT2D eigenvalue weighted by Crippen LogP contribution is 2.37. The van der Waals surface area contributed by atoms with Gasteiger partial charge in [0.05, 0.1) is 19.4 Å². The van der Waals surface area contributed by atoms with Gasteiger partial charge in [-0.05, 0) is 37.3 Å². The predicted molar refractivity (Wildman–Crippen MR) is 113 cm³/mol. The van der Waals surface area contributed by atoms with Crippen molar-refractivity contribution in [1.82, 2.24) is 5.43 Å². The Kier molecular flexibility index (Phi) is 6.73. The molecule has 0 radical (unpaired) electrons. The van der Waals surface area contributed by atoms with Gasteiger partial charge in [-0.25, -0.2) is 9.80 Å². The van der Waals surface area contributed by atoms with Crippen molar-refractivity contribution < 1.29 is 28.6 Å². The standard InChI is InChI=1S/C21H19BrN2O6/c1-3-29-18(25)12-30-19-13(9-14(22)11-17(19)28-2)10-16-20(26)23-24(21(16)27)15-7-5-4-6-8-15/h4-11H,3,12H2,1-2H3,(H,23,26). The van der Waals surface area contributed by atoms with Crippen molar-refractivity contribution in [3.05, 3.63) is 58.1 Å². The zero-order chi connectivity index (χ0) is 21.7. The molecule has 1 aliphatic heterocycles. The van der Waals surface area contributed by atoms with E-state index in [2.05, 4.69) is 21.4 Å². The van der Waals surface area contributed by atoms with Crippen molar-refractivity contribution >= 4 is 45.5 Å². The molecule has 30 heavy (non-hydrogen) atoms. The lowest BCUT2D eigenvalue weighted by Gasteiger charge is -2.14. The van der Waals surface area contributed by atoms with E-state index in [0.717, 1.165) is 0 Å². The monoisotopic (exact) mass is 474 g/mol. The SMILES string of the molecule is CCOC(=O)COc1c(C=C2C(=O)NN(c3ccccc3)C2=O)cc(Br)cc1OC. The third-order valence-corrected chi connectivity index (χ3v) is 4.57. The summed E-state index contributed by atoms with van der Waals surface area (Å²) in [7, 11) is 1.44. The van der Waals surface area contributed by atoms with Gasteiger partial charge in [-0.15, -0.1) is 0 Å². The van der Waals surface area contributed by atoms with Gasteiger partial charge in [0.1, 0.15) is 5.57 Å². The third kappa shape index (κ3) is 4.62. The molecule has 1 saturated heterocycles. The first-order chi connectivity index (χ1) is 14.4. The van der Waals surface area contributed by atoms with E-state index in [0.29, 0.717) is 21.5 Å². The van der Waals surface area contributed by atoms with Gasteiger partial charge in [-0.1, -0.05) is 34.1 Å². The van der Waals surface area contributed by atoms with Crippen LogP contribution >= 0.6 is 15.9 Å². The minimum absolute atomic E-state index is 0.0833. The summed E-state index contributed by atoms with van der Waals surface area (Å²) < 4.78 is 16.5. The van der Waals surface area contributed by atoms with Gasteiger partial charge in [-0.2, -0.15) is 0 Å². The van der Waals surface area contributed by atoms with Crippen molar-refractivity contribution in [2.45, 2.75) is 6.92 Å². The largest absolute Gasteiger partial charge is 0.493 e. The second kappa shape index (κ2) is 9.45. The molecule has 0 aromatic heterocycles. The number of hydrogen-bond donors (Lipinski definition) is 1. The number of benzene rings is 2. The van der Waals surface area contributed by atoms with Crippen LogP contribution in [-0.4, -0.2) is 38.1 Å². The second-order valence-electron chi connectivity index (χ2n) is 6.10. The van der Waals surface area contributed by atoms with Crippen molar-refractivity contribution in [2.75, 3.05) is 25.3 Å². The topological polar surface area (TPSA) is 94.2 Å². The quantitative estimate of drug-likeness (QED) is 0.376. The van der Waals surface area contributed by atoms with Crippen LogP contribution in [0.25, 0.3) is 6.08 Å². The number of carbonyl (C=O) groups excluding carboxylic acids is 3. The maximum absolute atomic E-state index is 12.8. The van der Waals surface area contributed by atoms with Crippen LogP contribution in [0, 0.1) is 0 Å². The Labute approximate surface area is 181 Å². The van der Waals surface area contributed by atoms with Crippen LogP contribution in [0.3, 0.4) is 0 Å². The Morgan fingerprint density at radius 1 is 1.20 bits per heavy atom. The number of halogens is 1. The summed E-state index contributed by atoms with van der Waals surface area (Å²) in [5, 5.41) is 1.17. The van der Waals surface area contributed by atoms with E-state index >= 15 is 0 Å². The molecular formula is C21H19BrN2O6. The molecule has 156 valence electrons. The van der Waals surface area contributed by atoms with E-state index < -0.39 is 17.8 Å². The number of ether oxygens (including phenoxy) is 3. The maximum Gasteiger partial charge on any atom is 0.344 e. The Morgan fingerprint density at radius 3 is 2.60 bits per heavy atom. The molecule has 0 atom stereocenters. The summed E-state index contributed by atoms with van der Waals surface area (Å²) in [6.45, 7) is 1.57. The molecule has 3 rings (SSSR count). The summed E-state index contributed by atoms with van der Waals surface area (Å²) in [6, 6.07) is 12.0. The normalized spacial score (nSPS) is 14.6. The molecule has 0 unspecified atom stereocenters. The fourth-order valence-corrected chi connectivity index (χ4v) is 3.26. The highest BCUT2D eigenvalue weighted by Gasteiger charge is 2.34. The number of nitrogens with one attached hydrogen (secondary N) is 1. The number of rotatable bonds is 7. The van der Waals surface area contributed by atoms with Crippen LogP contribution in [0.5, 0.6) is 11.5 Å². The highest BCUT2D eigenvalue weighted by molar-refractivity contribution is 9.10. The van der Waals surface area contributed by atoms with Gasteiger partial charge < -0.3 is 14.2 Å². The van der Waals surface area contributed by atoms with Crippen LogP contribution in [0.15, 0.2) is 52.5 Å². The molecular weight excluding hydrogens is 456 g/mol. The zero-order valence-electron chi connectivity index (χ0n) is 16.3. The average molecular weight is 475 g/mol. The lowest BCUT2D eigenvalue weighted by atomic mass is 10.1. The number of hydrazine groups is 1. The predicted octanol–water partition coefficient (Wildman–Crippen LogP) is 2.86. The number of nitrogens with zero attached hydrogens (tertiary/aromatic N) is 1. The van der Waals surface area contributed by atoms with Crippen molar-refractivity contribution in [3.63, 3.8) is 0 Å². The summed E-state index contributed by atoms with van der Waals surface area (Å²) in [5.74, 6) is -1.09. The van der Waals surface area contributed by atoms with Crippen LogP contribution in [-0.2, 0) is 19.1 Å². The minimum Gasteiger partial charge on any atom is -0.493 e. The Morgan fingerprint density at radius 2 is 1.93 bits per heavy atom. The average Bonchev–Trinajstić information content (AvgIpc) is 3.01. The number of methoxy groups -OCH3 is 1. The van der Waals surface area contributed by atoms with Gasteiger partial charge in [0.25, 0.3) is 11.8 Å². The number of carbonyl (C=O) groups is 3. The first-order valence-electron chi connectivity index (χ1n) is 9.02. The molecule has 8 nitrogen and oxygen atoms in total. The van der Waals surface area contributed by atoms with Crippen LogP contribution in [0.2, 0.25) is 0 Å². The molecule has 0 saturated carbocycles. The van der Waals surface area contributed by atoms with Crippen molar-refractivity contribution in [2.24, 2.45) is 0 Å². The number of amides is 2. The van der Waals surface area contributed by atoms with Crippen LogP contribution in [0.4, 0.5) is 5.69 Å². The van der Waals surface area contributed by atoms with Crippen molar-refractivity contribution in [1.29, 1.82) is 0 Å². The van der Waals surface area contributed by atoms with Gasteiger partial charge in [0, 0.05) is 10.0 Å². The summed E-state index contributed by atoms with van der Waals surface area (Å²) in [4.78, 5) is 37.0. The Bertz CT molecular complexity index is 1010. The van der Waals surface area contributed by atoms with E-state index in [1.165, 1.54) is 18.2 Å². The first-order valence-corrected chi connectivity index (χ1v) is 9.82. The highest BCUT2D eigenvalue weighted by atomic mass is 79.9. The molecule has 0 spiro atoms. The van der Waals surface area contributed by atoms with Gasteiger partial charge in [0.2, 0.25) is 0 Å². The molecule has 2 aromatic rings. The van der Waals surface area contributed by atoms with E-state index in [4.69, 9.17) is 14.2 Å². The van der Waals surface area contributed by atoms with E-state index in [-0.39, 0.29) is 24.5 Å². The number of anilines is 1. The number of esters is 1. The van der Waals surface area contributed by atoms with E-state index in [1.807, 2.05) is 6.07 Å². The van der Waals surface area contributed by atoms with Gasteiger partial charge in [0.15, 0.2) is 18.1 Å². The molecule has 1 aliphatic rings. The first kappa shape index (κ1) is 21.4. The Hall–Kier alpha value is -3.33. The van der Waals surface area contributed by atoms with Gasteiger partial charge >= 0.3 is 5.97 Å². The summed E-state index contributed by atoms with van der Waals surface area (Å²) >= 11 is 3.37. The van der Waals surface area contributed by atoms with Gasteiger partial charge in [-0.3, -0.25) is 15.0 Å². The second-order valence-corrected chi connectivity index (χ2v) is 7.01. The third-order valence-electron chi connectivity index (χ3n) is 4.11. The van der Waals surface area contributed by atoms with Crippen molar-refractivity contribution in [3.8, 4) is 11.5 Å². The number of hydrogen-bond acceptors (Lipinski definition) is 6.